The van der Waals surface area contributed by atoms with E-state index < -0.39 is 0 Å². The fraction of sp³-hybridized carbons (Fsp3) is 0.174. The van der Waals surface area contributed by atoms with Crippen LogP contribution in [-0.4, -0.2) is 26.1 Å². The van der Waals surface area contributed by atoms with Gasteiger partial charge in [-0.1, -0.05) is 36.4 Å². The molecule has 0 amide bonds. The number of fused-ring (bicyclic) bond motifs is 1. The fourth-order valence-corrected chi connectivity index (χ4v) is 3.74. The van der Waals surface area contributed by atoms with E-state index in [2.05, 4.69) is 15.3 Å². The van der Waals surface area contributed by atoms with E-state index in [1.165, 1.54) is 6.07 Å². The lowest BCUT2D eigenvalue weighted by Gasteiger charge is -2.26. The molecule has 0 saturated carbocycles. The predicted molar refractivity (Wildman–Crippen MR) is 113 cm³/mol. The van der Waals surface area contributed by atoms with E-state index in [0.29, 0.717) is 35.2 Å². The maximum atomic E-state index is 14.5. The second-order valence-electron chi connectivity index (χ2n) is 7.17. The Bertz CT molecular complexity index is 1210. The predicted octanol–water partition coefficient (Wildman–Crippen LogP) is 4.62. The van der Waals surface area contributed by atoms with Crippen LogP contribution in [0, 0.1) is 5.82 Å². The van der Waals surface area contributed by atoms with Crippen LogP contribution in [0.2, 0.25) is 0 Å². The Kier molecular flexibility index (Phi) is 4.63. The van der Waals surface area contributed by atoms with Gasteiger partial charge in [0.25, 0.3) is 0 Å². The average Bonchev–Trinajstić information content (AvgIpc) is 3.20. The van der Waals surface area contributed by atoms with Crippen LogP contribution >= 0.6 is 0 Å². The van der Waals surface area contributed by atoms with Gasteiger partial charge >= 0.3 is 0 Å². The van der Waals surface area contributed by atoms with Gasteiger partial charge in [0.15, 0.2) is 5.82 Å². The number of imidazole rings is 1. The zero-order chi connectivity index (χ0) is 20.5. The summed E-state index contributed by atoms with van der Waals surface area (Å²) < 4.78 is 22.1. The maximum Gasteiger partial charge on any atom is 0.223 e. The van der Waals surface area contributed by atoms with Gasteiger partial charge < -0.3 is 14.6 Å². The van der Waals surface area contributed by atoms with E-state index in [1.54, 1.807) is 30.6 Å². The van der Waals surface area contributed by atoms with Crippen LogP contribution in [0.1, 0.15) is 18.0 Å². The molecule has 150 valence electrons. The maximum absolute atomic E-state index is 14.5. The molecule has 3 heterocycles. The van der Waals surface area contributed by atoms with Gasteiger partial charge in [0.2, 0.25) is 5.95 Å². The van der Waals surface area contributed by atoms with Crippen molar-refractivity contribution in [3.8, 4) is 28.4 Å². The Labute approximate surface area is 173 Å². The highest BCUT2D eigenvalue weighted by Gasteiger charge is 2.23. The summed E-state index contributed by atoms with van der Waals surface area (Å²) in [5, 5.41) is 3.42. The van der Waals surface area contributed by atoms with Crippen LogP contribution in [0.3, 0.4) is 0 Å². The molecule has 6 nitrogen and oxygen atoms in total. The number of nitrogens with one attached hydrogen (secondary N) is 1. The number of hydrogen-bond acceptors (Lipinski definition) is 5. The normalized spacial score (nSPS) is 15.3. The Morgan fingerprint density at radius 3 is 2.73 bits per heavy atom. The SMILES string of the molecule is Cn1ccnc1-c1nc(NC2CCOc3ccccc32)ncc1-c1ccccc1F. The summed E-state index contributed by atoms with van der Waals surface area (Å²) in [5.41, 5.74) is 2.69. The third kappa shape index (κ3) is 3.28. The van der Waals surface area contributed by atoms with Crippen molar-refractivity contribution < 1.29 is 9.13 Å². The van der Waals surface area contributed by atoms with Crippen LogP contribution in [0.4, 0.5) is 10.3 Å². The molecule has 0 aliphatic carbocycles. The first kappa shape index (κ1) is 18.3. The Balaban J connectivity index is 1.57. The molecule has 0 spiro atoms. The highest BCUT2D eigenvalue weighted by Crippen LogP contribution is 2.35. The van der Waals surface area contributed by atoms with E-state index in [-0.39, 0.29) is 11.9 Å². The number of benzene rings is 2. The van der Waals surface area contributed by atoms with Gasteiger partial charge in [0.05, 0.1) is 12.6 Å². The van der Waals surface area contributed by atoms with Gasteiger partial charge in [-0.25, -0.2) is 19.3 Å². The van der Waals surface area contributed by atoms with Gasteiger partial charge in [0, 0.05) is 48.7 Å². The molecule has 1 unspecified atom stereocenters. The zero-order valence-electron chi connectivity index (χ0n) is 16.4. The monoisotopic (exact) mass is 401 g/mol. The van der Waals surface area contributed by atoms with Crippen LogP contribution in [-0.2, 0) is 7.05 Å². The topological polar surface area (TPSA) is 64.9 Å². The summed E-state index contributed by atoms with van der Waals surface area (Å²) in [6, 6.07) is 14.6. The van der Waals surface area contributed by atoms with Crippen molar-refractivity contribution >= 4 is 5.95 Å². The second kappa shape index (κ2) is 7.59. The number of anilines is 1. The van der Waals surface area contributed by atoms with Gasteiger partial charge in [-0.2, -0.15) is 0 Å². The van der Waals surface area contributed by atoms with Gasteiger partial charge in [-0.15, -0.1) is 0 Å². The molecule has 0 fully saturated rings. The minimum absolute atomic E-state index is 0.0310. The minimum atomic E-state index is -0.323. The lowest BCUT2D eigenvalue weighted by Crippen LogP contribution is -2.21. The molecule has 2 aromatic carbocycles. The first-order valence-corrected chi connectivity index (χ1v) is 9.78. The van der Waals surface area contributed by atoms with Crippen LogP contribution in [0.5, 0.6) is 5.75 Å². The largest absolute Gasteiger partial charge is 0.493 e. The first-order chi connectivity index (χ1) is 14.7. The summed E-state index contributed by atoms with van der Waals surface area (Å²) in [5.74, 6) is 1.66. The highest BCUT2D eigenvalue weighted by molar-refractivity contribution is 5.78. The Morgan fingerprint density at radius 1 is 1.07 bits per heavy atom. The average molecular weight is 401 g/mol. The molecule has 1 atom stereocenters. The van der Waals surface area contributed by atoms with Gasteiger partial charge in [-0.3, -0.25) is 0 Å². The number of rotatable bonds is 4. The lowest BCUT2D eigenvalue weighted by molar-refractivity contribution is 0.274. The minimum Gasteiger partial charge on any atom is -0.493 e. The highest BCUT2D eigenvalue weighted by atomic mass is 19.1. The van der Waals surface area contributed by atoms with E-state index in [0.717, 1.165) is 17.7 Å². The van der Waals surface area contributed by atoms with E-state index in [4.69, 9.17) is 9.72 Å². The summed E-state index contributed by atoms with van der Waals surface area (Å²) in [6.07, 6.45) is 5.99. The lowest BCUT2D eigenvalue weighted by atomic mass is 10.0. The van der Waals surface area contributed by atoms with Crippen molar-refractivity contribution in [3.05, 3.63) is 78.5 Å². The summed E-state index contributed by atoms with van der Waals surface area (Å²) >= 11 is 0. The van der Waals surface area contributed by atoms with Crippen molar-refractivity contribution in [2.24, 2.45) is 7.05 Å². The van der Waals surface area contributed by atoms with Crippen molar-refractivity contribution in [1.82, 2.24) is 19.5 Å². The van der Waals surface area contributed by atoms with Crippen molar-refractivity contribution in [1.29, 1.82) is 0 Å². The van der Waals surface area contributed by atoms with Crippen molar-refractivity contribution in [2.45, 2.75) is 12.5 Å². The summed E-state index contributed by atoms with van der Waals surface area (Å²) in [4.78, 5) is 13.7. The number of aromatic nitrogens is 4. The number of ether oxygens (including phenoxy) is 1. The summed E-state index contributed by atoms with van der Waals surface area (Å²) in [7, 11) is 1.89. The van der Waals surface area contributed by atoms with E-state index in [1.807, 2.05) is 42.1 Å². The molecule has 1 aliphatic rings. The summed E-state index contributed by atoms with van der Waals surface area (Å²) in [6.45, 7) is 0.619. The molecule has 5 rings (SSSR count). The number of halogens is 1. The molecular formula is C23H20FN5O. The van der Waals surface area contributed by atoms with Crippen LogP contribution in [0.15, 0.2) is 67.1 Å². The van der Waals surface area contributed by atoms with E-state index >= 15 is 0 Å². The quantitative estimate of drug-likeness (QED) is 0.541. The van der Waals surface area contributed by atoms with Gasteiger partial charge in [-0.05, 0) is 12.1 Å². The zero-order valence-corrected chi connectivity index (χ0v) is 16.4. The fourth-order valence-electron chi connectivity index (χ4n) is 3.74. The third-order valence-electron chi connectivity index (χ3n) is 5.25. The van der Waals surface area contributed by atoms with Crippen LogP contribution < -0.4 is 10.1 Å². The Hall–Kier alpha value is -3.74. The molecule has 2 aromatic heterocycles. The number of aryl methyl sites for hydroxylation is 1. The van der Waals surface area contributed by atoms with Crippen molar-refractivity contribution in [3.63, 3.8) is 0 Å². The van der Waals surface area contributed by atoms with Gasteiger partial charge in [0.1, 0.15) is 17.3 Å². The molecule has 1 N–H and O–H groups in total. The molecule has 0 radical (unpaired) electrons. The molecule has 0 saturated heterocycles. The molecule has 4 aromatic rings. The third-order valence-corrected chi connectivity index (χ3v) is 5.25. The number of nitrogens with zero attached hydrogens (tertiary/aromatic N) is 4. The molecule has 30 heavy (non-hydrogen) atoms. The first-order valence-electron chi connectivity index (χ1n) is 9.78. The molecular weight excluding hydrogens is 381 g/mol. The smallest absolute Gasteiger partial charge is 0.223 e. The van der Waals surface area contributed by atoms with E-state index in [9.17, 15) is 4.39 Å². The van der Waals surface area contributed by atoms with Crippen LogP contribution in [0.25, 0.3) is 22.6 Å². The number of para-hydroxylation sites is 1. The number of hydrogen-bond donors (Lipinski definition) is 1. The molecule has 0 bridgehead atoms. The standard InChI is InChI=1S/C23H20FN5O/c1-29-12-11-25-22(29)21-17(15-6-2-4-8-18(15)24)14-26-23(28-21)27-19-10-13-30-20-9-5-3-7-16(19)20/h2-9,11-12,14,19H,10,13H2,1H3,(H,26,27,28). The Morgan fingerprint density at radius 2 is 1.90 bits per heavy atom. The molecule has 7 heteroatoms. The van der Waals surface area contributed by atoms with Crippen molar-refractivity contribution in [2.75, 3.05) is 11.9 Å². The second-order valence-corrected chi connectivity index (χ2v) is 7.17. The molecule has 1 aliphatic heterocycles.